The van der Waals surface area contributed by atoms with Crippen LogP contribution in [0, 0.1) is 20.8 Å². The topological polar surface area (TPSA) is 32.9 Å². The molecule has 0 atom stereocenters. The van der Waals surface area contributed by atoms with E-state index in [0.29, 0.717) is 0 Å². The zero-order valence-electron chi connectivity index (χ0n) is 9.91. The lowest BCUT2D eigenvalue weighted by Crippen LogP contribution is -2.23. The first kappa shape index (κ1) is 11.0. The second-order valence-electron chi connectivity index (χ2n) is 4.95. The van der Waals surface area contributed by atoms with Crippen molar-refractivity contribution in [3.05, 3.63) is 32.7 Å². The second kappa shape index (κ2) is 3.26. The van der Waals surface area contributed by atoms with Crippen molar-refractivity contribution in [1.29, 1.82) is 0 Å². The zero-order valence-corrected chi connectivity index (χ0v) is 9.91. The van der Waals surface area contributed by atoms with E-state index in [1.165, 1.54) is 5.56 Å². The van der Waals surface area contributed by atoms with Gasteiger partial charge in [0.05, 0.1) is 0 Å². The molecule has 0 saturated carbocycles. The normalized spacial score (nSPS) is 11.9. The third-order valence-electron chi connectivity index (χ3n) is 2.70. The van der Waals surface area contributed by atoms with E-state index in [1.54, 1.807) is 0 Å². The smallest absolute Gasteiger partial charge is 0.251 e. The largest absolute Gasteiger partial charge is 0.326 e. The van der Waals surface area contributed by atoms with Gasteiger partial charge in [-0.15, -0.1) is 0 Å². The highest BCUT2D eigenvalue weighted by Gasteiger charge is 2.20. The third kappa shape index (κ3) is 1.74. The summed E-state index contributed by atoms with van der Waals surface area (Å²) in [5.74, 6) is 0. The number of nitrogens with one attached hydrogen (secondary N) is 1. The van der Waals surface area contributed by atoms with Crippen molar-refractivity contribution < 1.29 is 0 Å². The van der Waals surface area contributed by atoms with Gasteiger partial charge in [0.15, 0.2) is 0 Å². The molecule has 0 amide bonds. The molecule has 0 aliphatic heterocycles. The number of aromatic amines is 1. The molecule has 2 heteroatoms. The summed E-state index contributed by atoms with van der Waals surface area (Å²) in [5.41, 5.74) is 4.33. The summed E-state index contributed by atoms with van der Waals surface area (Å²) < 4.78 is 0. The minimum Gasteiger partial charge on any atom is -0.326 e. The number of hydrogen-bond donors (Lipinski definition) is 1. The molecular weight excluding hydrogens is 174 g/mol. The standard InChI is InChI=1S/C12H19NO/c1-7-8(2)11(14)13-9(3)10(7)12(4,5)6/h1-6H3,(H,13,14). The number of hydrogen-bond acceptors (Lipinski definition) is 1. The fourth-order valence-corrected chi connectivity index (χ4v) is 2.09. The Morgan fingerprint density at radius 2 is 1.50 bits per heavy atom. The van der Waals surface area contributed by atoms with Gasteiger partial charge in [-0.2, -0.15) is 0 Å². The summed E-state index contributed by atoms with van der Waals surface area (Å²) in [5, 5.41) is 0. The van der Waals surface area contributed by atoms with Crippen LogP contribution in [0.3, 0.4) is 0 Å². The van der Waals surface area contributed by atoms with Gasteiger partial charge in [0.2, 0.25) is 0 Å². The van der Waals surface area contributed by atoms with Crippen molar-refractivity contribution in [1.82, 2.24) is 4.98 Å². The summed E-state index contributed by atoms with van der Waals surface area (Å²) in [6, 6.07) is 0. The number of H-pyrrole nitrogens is 1. The molecule has 1 rings (SSSR count). The van der Waals surface area contributed by atoms with Gasteiger partial charge in [-0.25, -0.2) is 0 Å². The predicted molar refractivity (Wildman–Crippen MR) is 60.0 cm³/mol. The van der Waals surface area contributed by atoms with Crippen molar-refractivity contribution in [2.24, 2.45) is 0 Å². The lowest BCUT2D eigenvalue weighted by Gasteiger charge is -2.24. The molecular formula is C12H19NO. The molecule has 2 nitrogen and oxygen atoms in total. The van der Waals surface area contributed by atoms with Crippen molar-refractivity contribution >= 4 is 0 Å². The molecule has 0 aliphatic rings. The molecule has 0 unspecified atom stereocenters. The van der Waals surface area contributed by atoms with Crippen LogP contribution in [-0.4, -0.2) is 4.98 Å². The third-order valence-corrected chi connectivity index (χ3v) is 2.70. The van der Waals surface area contributed by atoms with Crippen LogP contribution < -0.4 is 5.56 Å². The van der Waals surface area contributed by atoms with Crippen LogP contribution >= 0.6 is 0 Å². The molecule has 14 heavy (non-hydrogen) atoms. The first-order valence-electron chi connectivity index (χ1n) is 4.95. The van der Waals surface area contributed by atoms with Gasteiger partial charge < -0.3 is 4.98 Å². The van der Waals surface area contributed by atoms with Crippen LogP contribution in [0.15, 0.2) is 4.79 Å². The minimum absolute atomic E-state index is 0.0352. The highest BCUT2D eigenvalue weighted by atomic mass is 16.1. The number of pyridine rings is 1. The molecule has 0 aromatic carbocycles. The van der Waals surface area contributed by atoms with Gasteiger partial charge in [0, 0.05) is 11.3 Å². The number of aromatic nitrogens is 1. The summed E-state index contributed by atoms with van der Waals surface area (Å²) in [6.45, 7) is 12.4. The number of rotatable bonds is 0. The van der Waals surface area contributed by atoms with E-state index in [-0.39, 0.29) is 11.0 Å². The van der Waals surface area contributed by atoms with E-state index in [4.69, 9.17) is 0 Å². The van der Waals surface area contributed by atoms with Crippen LogP contribution in [-0.2, 0) is 5.41 Å². The average molecular weight is 193 g/mol. The predicted octanol–water partition coefficient (Wildman–Crippen LogP) is 2.60. The molecule has 0 spiro atoms. The lowest BCUT2D eigenvalue weighted by molar-refractivity contribution is 0.576. The van der Waals surface area contributed by atoms with Crippen LogP contribution in [0.5, 0.6) is 0 Å². The lowest BCUT2D eigenvalue weighted by atomic mass is 9.82. The first-order chi connectivity index (χ1) is 6.25. The van der Waals surface area contributed by atoms with E-state index in [9.17, 15) is 4.79 Å². The summed E-state index contributed by atoms with van der Waals surface area (Å²) >= 11 is 0. The van der Waals surface area contributed by atoms with Crippen molar-refractivity contribution in [2.75, 3.05) is 0 Å². The zero-order chi connectivity index (χ0) is 11.1. The highest BCUT2D eigenvalue weighted by Crippen LogP contribution is 2.27. The Labute approximate surface area is 85.4 Å². The van der Waals surface area contributed by atoms with E-state index < -0.39 is 0 Å². The quantitative estimate of drug-likeness (QED) is 0.675. The van der Waals surface area contributed by atoms with Crippen LogP contribution in [0.4, 0.5) is 0 Å². The summed E-state index contributed by atoms with van der Waals surface area (Å²) in [7, 11) is 0. The van der Waals surface area contributed by atoms with Gasteiger partial charge in [-0.1, -0.05) is 20.8 Å². The van der Waals surface area contributed by atoms with Gasteiger partial charge >= 0.3 is 0 Å². The van der Waals surface area contributed by atoms with E-state index in [0.717, 1.165) is 16.8 Å². The molecule has 0 saturated heterocycles. The first-order valence-corrected chi connectivity index (χ1v) is 4.95. The molecule has 78 valence electrons. The Morgan fingerprint density at radius 1 is 1.00 bits per heavy atom. The van der Waals surface area contributed by atoms with Crippen LogP contribution in [0.1, 0.15) is 43.2 Å². The molecule has 1 aromatic heterocycles. The number of aryl methyl sites for hydroxylation is 1. The molecule has 0 radical (unpaired) electrons. The van der Waals surface area contributed by atoms with Crippen molar-refractivity contribution in [3.63, 3.8) is 0 Å². The fraction of sp³-hybridized carbons (Fsp3) is 0.583. The second-order valence-corrected chi connectivity index (χ2v) is 4.95. The van der Waals surface area contributed by atoms with Crippen molar-refractivity contribution in [2.45, 2.75) is 47.0 Å². The Bertz CT molecular complexity index is 408. The van der Waals surface area contributed by atoms with Gasteiger partial charge in [0.1, 0.15) is 0 Å². The van der Waals surface area contributed by atoms with E-state index in [1.807, 2.05) is 20.8 Å². The Morgan fingerprint density at radius 3 is 1.93 bits per heavy atom. The van der Waals surface area contributed by atoms with E-state index >= 15 is 0 Å². The molecule has 1 N–H and O–H groups in total. The fourth-order valence-electron chi connectivity index (χ4n) is 2.09. The molecule has 0 bridgehead atoms. The Balaban J connectivity index is 3.61. The SMILES string of the molecule is Cc1[nH]c(=O)c(C)c(C)c1C(C)(C)C. The molecule has 0 fully saturated rings. The summed E-state index contributed by atoms with van der Waals surface area (Å²) in [4.78, 5) is 14.4. The minimum atomic E-state index is 0.0352. The van der Waals surface area contributed by atoms with Crippen molar-refractivity contribution in [3.8, 4) is 0 Å². The van der Waals surface area contributed by atoms with Crippen LogP contribution in [0.2, 0.25) is 0 Å². The van der Waals surface area contributed by atoms with Gasteiger partial charge in [0.25, 0.3) is 5.56 Å². The Kier molecular flexibility index (Phi) is 2.57. The monoisotopic (exact) mass is 193 g/mol. The van der Waals surface area contributed by atoms with Gasteiger partial charge in [-0.05, 0) is 37.3 Å². The average Bonchev–Trinajstić information content (AvgIpc) is 1.97. The molecule has 0 aliphatic carbocycles. The molecule has 1 heterocycles. The maximum absolute atomic E-state index is 11.5. The van der Waals surface area contributed by atoms with Gasteiger partial charge in [-0.3, -0.25) is 4.79 Å². The summed E-state index contributed by atoms with van der Waals surface area (Å²) in [6.07, 6.45) is 0. The highest BCUT2D eigenvalue weighted by molar-refractivity contribution is 5.38. The van der Waals surface area contributed by atoms with E-state index in [2.05, 4.69) is 25.8 Å². The van der Waals surface area contributed by atoms with Crippen LogP contribution in [0.25, 0.3) is 0 Å². The molecule has 1 aromatic rings. The maximum atomic E-state index is 11.5. The maximum Gasteiger partial charge on any atom is 0.251 e. The Hall–Kier alpha value is -1.05.